The fraction of sp³-hybridized carbons (Fsp3) is 0.0930. The van der Waals surface area contributed by atoms with Gasteiger partial charge in [-0.05, 0) is 42.5 Å². The number of pyridine rings is 1. The Morgan fingerprint density at radius 3 is 1.66 bits per heavy atom. The van der Waals surface area contributed by atoms with Crippen molar-refractivity contribution in [1.82, 2.24) is 60.2 Å². The molecule has 0 amide bonds. The van der Waals surface area contributed by atoms with Crippen LogP contribution in [0.2, 0.25) is 10.0 Å². The fourth-order valence-electron chi connectivity index (χ4n) is 6.71. The van der Waals surface area contributed by atoms with E-state index in [0.29, 0.717) is 45.4 Å². The van der Waals surface area contributed by atoms with Crippen molar-refractivity contribution in [2.45, 2.75) is 19.2 Å². The first-order valence-corrected chi connectivity index (χ1v) is 21.6. The summed E-state index contributed by atoms with van der Waals surface area (Å²) >= 11 is 12.2. The summed E-state index contributed by atoms with van der Waals surface area (Å²) in [4.78, 5) is 6.97. The van der Waals surface area contributed by atoms with E-state index in [1.54, 1.807) is 33.9 Å². The van der Waals surface area contributed by atoms with Crippen LogP contribution in [-0.2, 0) is 13.2 Å². The van der Waals surface area contributed by atoms with Gasteiger partial charge in [-0.2, -0.15) is 0 Å². The summed E-state index contributed by atoms with van der Waals surface area (Å²) in [5.74, 6) is 1.81. The van der Waals surface area contributed by atoms with Crippen LogP contribution < -0.4 is 20.7 Å². The van der Waals surface area contributed by atoms with Crippen molar-refractivity contribution in [1.29, 1.82) is 0 Å². The van der Waals surface area contributed by atoms with Crippen LogP contribution in [0.3, 0.4) is 0 Å². The van der Waals surface area contributed by atoms with Crippen molar-refractivity contribution in [2.75, 3.05) is 0 Å². The molecule has 0 spiro atoms. The Balaban J connectivity index is 0.000000167. The molecule has 1 atom stereocenters. The normalized spacial score (nSPS) is 12.0. The predicted octanol–water partition coefficient (Wildman–Crippen LogP) is 7.19. The molecule has 4 aromatic heterocycles. The Morgan fingerprint density at radius 1 is 0.593 bits per heavy atom. The number of nitrogens with zero attached hydrogens (tertiary/aromatic N) is 12. The van der Waals surface area contributed by atoms with E-state index < -0.39 is 13.4 Å². The zero-order valence-electron chi connectivity index (χ0n) is 31.9. The SMILES string of the molecule is C[C@H](Oc1nnc(-c2ccncc2)n1C)c1nnn(-c2cccc(Cl)c2)n1.Clc1cccc(-n2nnc(C[PH](c3ccccc3)(c3ccccc3)c3ccccc3)n2)c1. The van der Waals surface area contributed by atoms with E-state index in [0.717, 1.165) is 11.3 Å². The third-order valence-electron chi connectivity index (χ3n) is 9.60. The molecule has 59 heavy (non-hydrogen) atoms. The van der Waals surface area contributed by atoms with Crippen molar-refractivity contribution in [3.05, 3.63) is 186 Å². The van der Waals surface area contributed by atoms with Crippen LogP contribution in [0, 0.1) is 0 Å². The molecule has 13 nitrogen and oxygen atoms in total. The molecule has 0 bridgehead atoms. The van der Waals surface area contributed by atoms with Gasteiger partial charge in [0.2, 0.25) is 5.82 Å². The van der Waals surface area contributed by atoms with Gasteiger partial charge in [-0.3, -0.25) is 9.55 Å². The Kier molecular flexibility index (Phi) is 11.9. The van der Waals surface area contributed by atoms with Gasteiger partial charge < -0.3 is 4.74 Å². The molecule has 0 fully saturated rings. The Hall–Kier alpha value is -6.66. The van der Waals surface area contributed by atoms with E-state index in [1.807, 2.05) is 62.5 Å². The number of tetrazole rings is 2. The van der Waals surface area contributed by atoms with Crippen molar-refractivity contribution >= 4 is 46.4 Å². The fourth-order valence-corrected chi connectivity index (χ4v) is 11.6. The average Bonchev–Trinajstić information content (AvgIpc) is 4.06. The van der Waals surface area contributed by atoms with Gasteiger partial charge in [0.05, 0.1) is 5.69 Å². The number of benzene rings is 5. The molecule has 5 aromatic carbocycles. The van der Waals surface area contributed by atoms with Gasteiger partial charge in [-0.25, -0.2) is 0 Å². The van der Waals surface area contributed by atoms with E-state index in [-0.39, 0.29) is 0 Å². The maximum absolute atomic E-state index is 6.17. The van der Waals surface area contributed by atoms with Gasteiger partial charge in [-0.15, -0.1) is 20.1 Å². The van der Waals surface area contributed by atoms with Crippen LogP contribution in [0.15, 0.2) is 164 Å². The molecular formula is C43H37Cl2N12OP. The monoisotopic (exact) mass is 838 g/mol. The van der Waals surface area contributed by atoms with Crippen molar-refractivity contribution < 1.29 is 4.74 Å². The minimum atomic E-state index is -2.47. The maximum atomic E-state index is 6.17. The minimum absolute atomic E-state index is 0.355. The Labute approximate surface area is 350 Å². The summed E-state index contributed by atoms with van der Waals surface area (Å²) in [6, 6.07) is 51.0. The third-order valence-corrected chi connectivity index (χ3v) is 14.9. The number of halogens is 2. The van der Waals surface area contributed by atoms with Gasteiger partial charge in [0.15, 0.2) is 11.9 Å². The number of hydrogen-bond acceptors (Lipinski definition) is 10. The van der Waals surface area contributed by atoms with E-state index in [2.05, 4.69) is 132 Å². The van der Waals surface area contributed by atoms with Crippen LogP contribution in [0.1, 0.15) is 24.7 Å². The average molecular weight is 840 g/mol. The molecule has 0 N–H and O–H groups in total. The van der Waals surface area contributed by atoms with Crippen molar-refractivity contribution in [3.63, 3.8) is 0 Å². The Bertz CT molecular complexity index is 2650. The molecule has 0 saturated carbocycles. The van der Waals surface area contributed by atoms with Gasteiger partial charge >= 0.3 is 199 Å². The molecular weight excluding hydrogens is 802 g/mol. The molecule has 0 aliphatic heterocycles. The molecule has 0 aliphatic rings. The van der Waals surface area contributed by atoms with Gasteiger partial charge in [0, 0.05) is 30.0 Å². The van der Waals surface area contributed by atoms with Crippen LogP contribution in [0.4, 0.5) is 0 Å². The van der Waals surface area contributed by atoms with E-state index in [9.17, 15) is 0 Å². The first kappa shape index (κ1) is 39.2. The van der Waals surface area contributed by atoms with E-state index in [1.165, 1.54) is 20.7 Å². The molecule has 4 heterocycles. The number of aromatic nitrogens is 12. The molecule has 9 aromatic rings. The Morgan fingerprint density at radius 2 is 1.12 bits per heavy atom. The quantitative estimate of drug-likeness (QED) is 0.123. The van der Waals surface area contributed by atoms with Gasteiger partial charge in [0.25, 0.3) is 0 Å². The predicted molar refractivity (Wildman–Crippen MR) is 232 cm³/mol. The molecule has 9 rings (SSSR count). The molecule has 0 aliphatic carbocycles. The van der Waals surface area contributed by atoms with Crippen molar-refractivity contribution in [2.24, 2.45) is 7.05 Å². The number of hydrogen-bond donors (Lipinski definition) is 0. The van der Waals surface area contributed by atoms with E-state index >= 15 is 0 Å². The van der Waals surface area contributed by atoms with Crippen LogP contribution in [0.25, 0.3) is 22.8 Å². The topological polar surface area (TPSA) is 140 Å². The van der Waals surface area contributed by atoms with Crippen LogP contribution >= 0.6 is 30.5 Å². The van der Waals surface area contributed by atoms with Crippen LogP contribution in [-0.4, -0.2) is 60.2 Å². The summed E-state index contributed by atoms with van der Waals surface area (Å²) in [6.07, 6.45) is 3.63. The van der Waals surface area contributed by atoms with Crippen molar-refractivity contribution in [3.8, 4) is 28.8 Å². The first-order chi connectivity index (χ1) is 28.9. The molecule has 294 valence electrons. The molecule has 16 heteroatoms. The second kappa shape index (κ2) is 17.9. The van der Waals surface area contributed by atoms with E-state index in [4.69, 9.17) is 33.0 Å². The summed E-state index contributed by atoms with van der Waals surface area (Å²) < 4.78 is 7.63. The molecule has 0 radical (unpaired) electrons. The summed E-state index contributed by atoms with van der Waals surface area (Å²) in [6.45, 7) is 1.82. The molecule has 0 unspecified atom stereocenters. The van der Waals surface area contributed by atoms with Gasteiger partial charge in [-0.1, -0.05) is 22.8 Å². The summed E-state index contributed by atoms with van der Waals surface area (Å²) in [5, 5.41) is 39.5. The summed E-state index contributed by atoms with van der Waals surface area (Å²) in [7, 11) is -0.640. The van der Waals surface area contributed by atoms with Crippen LogP contribution in [0.5, 0.6) is 6.01 Å². The standard InChI is InChI=1S/C26H22ClN4P.C17H15ClN8O/c27-21-11-10-12-22(19-21)31-29-26(28-30-31)20-32(23-13-4-1-5-14-23,24-15-6-2-7-16-24)25-17-8-3-9-18-25;1-11(15-20-24-26(23-15)14-5-3-4-13(18)10-14)27-17-22-21-16(25(17)2)12-6-8-19-9-7-12/h1-19,32H,20H2;3-11H,1-2H3/t;11-/m.0/s1. The first-order valence-electron chi connectivity index (χ1n) is 18.6. The molecule has 0 saturated heterocycles. The second-order valence-electron chi connectivity index (χ2n) is 13.4. The number of ether oxygens (including phenoxy) is 1. The third kappa shape index (κ3) is 8.78. The second-order valence-corrected chi connectivity index (χ2v) is 18.2. The number of rotatable bonds is 11. The summed E-state index contributed by atoms with van der Waals surface area (Å²) in [5.41, 5.74) is 2.40. The van der Waals surface area contributed by atoms with Gasteiger partial charge in [0.1, 0.15) is 0 Å². The zero-order valence-corrected chi connectivity index (χ0v) is 34.4. The zero-order chi connectivity index (χ0) is 40.6.